The zero-order chi connectivity index (χ0) is 14.4. The minimum atomic E-state index is -0.338. The van der Waals surface area contributed by atoms with E-state index in [1.807, 2.05) is 12.1 Å². The molecule has 1 amide bonds. The van der Waals surface area contributed by atoms with E-state index >= 15 is 0 Å². The number of aryl methyl sites for hydroxylation is 1. The van der Waals surface area contributed by atoms with Crippen molar-refractivity contribution in [2.24, 2.45) is 5.10 Å². The number of hydrogen-bond donors (Lipinski definition) is 1. The van der Waals surface area contributed by atoms with E-state index in [2.05, 4.69) is 17.5 Å². The Bertz CT molecular complexity index is 621. The second kappa shape index (κ2) is 6.61. The Hall–Kier alpha value is -2.49. The van der Waals surface area contributed by atoms with Crippen LogP contribution in [0.3, 0.4) is 0 Å². The van der Waals surface area contributed by atoms with Crippen molar-refractivity contribution in [2.45, 2.75) is 13.3 Å². The van der Waals surface area contributed by atoms with Crippen LogP contribution in [0.5, 0.6) is 0 Å². The Morgan fingerprint density at radius 3 is 2.65 bits per heavy atom. The summed E-state index contributed by atoms with van der Waals surface area (Å²) in [6, 6.07) is 13.3. The predicted molar refractivity (Wildman–Crippen MR) is 77.3 cm³/mol. The molecule has 0 atom stereocenters. The van der Waals surface area contributed by atoms with Gasteiger partial charge in [-0.25, -0.2) is 9.82 Å². The van der Waals surface area contributed by atoms with Crippen molar-refractivity contribution in [1.82, 2.24) is 5.43 Å². The van der Waals surface area contributed by atoms with E-state index in [1.165, 1.54) is 23.9 Å². The number of benzene rings is 2. The maximum Gasteiger partial charge on any atom is 0.271 e. The van der Waals surface area contributed by atoms with Crippen molar-refractivity contribution in [3.05, 3.63) is 71.0 Å². The zero-order valence-corrected chi connectivity index (χ0v) is 11.1. The van der Waals surface area contributed by atoms with Gasteiger partial charge in [0.2, 0.25) is 0 Å². The first kappa shape index (κ1) is 13.9. The van der Waals surface area contributed by atoms with Crippen LogP contribution in [-0.2, 0) is 6.42 Å². The van der Waals surface area contributed by atoms with Crippen LogP contribution in [0.15, 0.2) is 53.6 Å². The van der Waals surface area contributed by atoms with E-state index in [0.29, 0.717) is 11.1 Å². The summed E-state index contributed by atoms with van der Waals surface area (Å²) in [7, 11) is 0. The van der Waals surface area contributed by atoms with E-state index in [0.717, 1.165) is 6.42 Å². The van der Waals surface area contributed by atoms with Gasteiger partial charge < -0.3 is 0 Å². The van der Waals surface area contributed by atoms with Crippen LogP contribution >= 0.6 is 0 Å². The van der Waals surface area contributed by atoms with Crippen LogP contribution in [0.4, 0.5) is 4.39 Å². The lowest BCUT2D eigenvalue weighted by atomic mass is 10.1. The van der Waals surface area contributed by atoms with E-state index in [9.17, 15) is 9.18 Å². The molecule has 20 heavy (non-hydrogen) atoms. The van der Waals surface area contributed by atoms with Crippen LogP contribution in [0, 0.1) is 5.82 Å². The molecular formula is C16H15FN2O. The average molecular weight is 270 g/mol. The van der Waals surface area contributed by atoms with Crippen LogP contribution in [0.25, 0.3) is 0 Å². The van der Waals surface area contributed by atoms with Gasteiger partial charge in [0.15, 0.2) is 0 Å². The highest BCUT2D eigenvalue weighted by atomic mass is 19.1. The molecule has 0 unspecified atom stereocenters. The highest BCUT2D eigenvalue weighted by Crippen LogP contribution is 2.05. The molecule has 0 heterocycles. The van der Waals surface area contributed by atoms with E-state index < -0.39 is 0 Å². The van der Waals surface area contributed by atoms with Crippen molar-refractivity contribution in [2.75, 3.05) is 0 Å². The molecule has 3 nitrogen and oxygen atoms in total. The van der Waals surface area contributed by atoms with Gasteiger partial charge in [0.05, 0.1) is 6.21 Å². The summed E-state index contributed by atoms with van der Waals surface area (Å²) < 4.78 is 12.9. The first-order chi connectivity index (χ1) is 9.69. The minimum absolute atomic E-state index is 0.291. The first-order valence-corrected chi connectivity index (χ1v) is 6.37. The molecule has 2 aromatic rings. The summed E-state index contributed by atoms with van der Waals surface area (Å²) in [5.74, 6) is -0.629. The topological polar surface area (TPSA) is 41.5 Å². The van der Waals surface area contributed by atoms with Crippen LogP contribution in [0.1, 0.15) is 28.4 Å². The fourth-order valence-electron chi connectivity index (χ4n) is 1.71. The third kappa shape index (κ3) is 3.75. The number of amides is 1. The van der Waals surface area contributed by atoms with Gasteiger partial charge in [-0.05, 0) is 41.8 Å². The molecule has 2 aromatic carbocycles. The monoisotopic (exact) mass is 270 g/mol. The molecule has 0 spiro atoms. The van der Waals surface area contributed by atoms with Gasteiger partial charge in [-0.2, -0.15) is 5.10 Å². The summed E-state index contributed by atoms with van der Waals surface area (Å²) in [5, 5.41) is 3.81. The smallest absolute Gasteiger partial charge is 0.267 e. The van der Waals surface area contributed by atoms with Gasteiger partial charge in [0.1, 0.15) is 5.82 Å². The number of carbonyl (C=O) groups excluding carboxylic acids is 1. The number of nitrogens with one attached hydrogen (secondary N) is 1. The molecule has 0 saturated carbocycles. The molecule has 0 radical (unpaired) electrons. The van der Waals surface area contributed by atoms with E-state index in [4.69, 9.17) is 0 Å². The summed E-state index contributed by atoms with van der Waals surface area (Å²) in [6.07, 6.45) is 2.33. The van der Waals surface area contributed by atoms with Crippen LogP contribution in [0.2, 0.25) is 0 Å². The molecule has 0 fully saturated rings. The van der Waals surface area contributed by atoms with Gasteiger partial charge in [0.25, 0.3) is 5.91 Å². The maximum absolute atomic E-state index is 12.9. The number of halogens is 1. The third-order valence-corrected chi connectivity index (χ3v) is 2.85. The standard InChI is InChI=1S/C16H15FN2O/c1-2-12-6-8-14(9-7-12)16(20)19-18-11-13-4-3-5-15(17)10-13/h3-11H,2H2,1H3,(H,19,20)/b18-11-. The van der Waals surface area contributed by atoms with Crippen molar-refractivity contribution in [3.8, 4) is 0 Å². The Balaban J connectivity index is 1.97. The Labute approximate surface area is 117 Å². The van der Waals surface area contributed by atoms with E-state index in [-0.39, 0.29) is 11.7 Å². The largest absolute Gasteiger partial charge is 0.271 e. The zero-order valence-electron chi connectivity index (χ0n) is 11.1. The van der Waals surface area contributed by atoms with Crippen LogP contribution < -0.4 is 5.43 Å². The molecule has 4 heteroatoms. The quantitative estimate of drug-likeness (QED) is 0.673. The highest BCUT2D eigenvalue weighted by Gasteiger charge is 2.03. The Kier molecular flexibility index (Phi) is 4.60. The summed E-state index contributed by atoms with van der Waals surface area (Å²) in [6.45, 7) is 2.05. The lowest BCUT2D eigenvalue weighted by Gasteiger charge is -2.01. The molecule has 0 aliphatic rings. The van der Waals surface area contributed by atoms with Gasteiger partial charge in [0, 0.05) is 5.56 Å². The molecule has 0 aromatic heterocycles. The molecule has 1 N–H and O–H groups in total. The first-order valence-electron chi connectivity index (χ1n) is 6.37. The predicted octanol–water partition coefficient (Wildman–Crippen LogP) is 3.15. The third-order valence-electron chi connectivity index (χ3n) is 2.85. The van der Waals surface area contributed by atoms with Crippen molar-refractivity contribution < 1.29 is 9.18 Å². The van der Waals surface area contributed by atoms with Crippen molar-refractivity contribution in [3.63, 3.8) is 0 Å². The lowest BCUT2D eigenvalue weighted by Crippen LogP contribution is -2.17. The second-order valence-electron chi connectivity index (χ2n) is 4.30. The Morgan fingerprint density at radius 2 is 2.00 bits per heavy atom. The molecule has 0 bridgehead atoms. The van der Waals surface area contributed by atoms with E-state index in [1.54, 1.807) is 24.3 Å². The Morgan fingerprint density at radius 1 is 1.25 bits per heavy atom. The van der Waals surface area contributed by atoms with Crippen molar-refractivity contribution >= 4 is 12.1 Å². The lowest BCUT2D eigenvalue weighted by molar-refractivity contribution is 0.0955. The average Bonchev–Trinajstić information content (AvgIpc) is 2.47. The summed E-state index contributed by atoms with van der Waals surface area (Å²) >= 11 is 0. The fourth-order valence-corrected chi connectivity index (χ4v) is 1.71. The molecule has 2 rings (SSSR count). The van der Waals surface area contributed by atoms with Crippen molar-refractivity contribution in [1.29, 1.82) is 0 Å². The molecule has 102 valence electrons. The van der Waals surface area contributed by atoms with Gasteiger partial charge >= 0.3 is 0 Å². The number of hydrogen-bond acceptors (Lipinski definition) is 2. The maximum atomic E-state index is 12.9. The number of hydrazone groups is 1. The van der Waals surface area contributed by atoms with Gasteiger partial charge in [-0.1, -0.05) is 31.2 Å². The fraction of sp³-hybridized carbons (Fsp3) is 0.125. The molecule has 0 saturated heterocycles. The molecular weight excluding hydrogens is 255 g/mol. The molecule has 0 aliphatic heterocycles. The number of carbonyl (C=O) groups is 1. The SMILES string of the molecule is CCc1ccc(C(=O)N/N=C\c2cccc(F)c2)cc1. The second-order valence-corrected chi connectivity index (χ2v) is 4.30. The number of nitrogens with zero attached hydrogens (tertiary/aromatic N) is 1. The van der Waals surface area contributed by atoms with Crippen LogP contribution in [-0.4, -0.2) is 12.1 Å². The minimum Gasteiger partial charge on any atom is -0.267 e. The summed E-state index contributed by atoms with van der Waals surface area (Å²) in [5.41, 5.74) is 4.71. The normalized spacial score (nSPS) is 10.7. The molecule has 0 aliphatic carbocycles. The number of rotatable bonds is 4. The summed E-state index contributed by atoms with van der Waals surface area (Å²) in [4.78, 5) is 11.8. The van der Waals surface area contributed by atoms with Gasteiger partial charge in [-0.15, -0.1) is 0 Å². The van der Waals surface area contributed by atoms with Gasteiger partial charge in [-0.3, -0.25) is 4.79 Å². The highest BCUT2D eigenvalue weighted by molar-refractivity contribution is 5.94.